The lowest BCUT2D eigenvalue weighted by molar-refractivity contribution is -0.127. The van der Waals surface area contributed by atoms with Gasteiger partial charge in [0, 0.05) is 104 Å². The number of methoxy groups -OCH3 is 1. The number of ether oxygens (including phenoxy) is 1. The van der Waals surface area contributed by atoms with E-state index in [1.54, 1.807) is 24.4 Å². The minimum absolute atomic E-state index is 0.0922. The first-order valence-electron chi connectivity index (χ1n) is 17.3. The lowest BCUT2D eigenvalue weighted by Crippen LogP contribution is -2.37. The quantitative estimate of drug-likeness (QED) is 0.153. The van der Waals surface area contributed by atoms with Crippen molar-refractivity contribution >= 4 is 40.7 Å². The van der Waals surface area contributed by atoms with Gasteiger partial charge in [-0.1, -0.05) is 65.7 Å². The van der Waals surface area contributed by atoms with Crippen molar-refractivity contribution in [1.82, 2.24) is 35.2 Å². The van der Waals surface area contributed by atoms with E-state index >= 15 is 0 Å². The topological polar surface area (TPSA) is 130 Å². The van der Waals surface area contributed by atoms with Crippen LogP contribution in [0.3, 0.4) is 0 Å². The van der Waals surface area contributed by atoms with E-state index in [2.05, 4.69) is 20.9 Å². The van der Waals surface area contributed by atoms with E-state index in [1.807, 2.05) is 67.7 Å². The normalized spacial score (nSPS) is 17.3. The number of halogens is 2. The van der Waals surface area contributed by atoms with Crippen LogP contribution < -0.4 is 26.2 Å². The number of fused-ring (bicyclic) bond motifs is 1. The van der Waals surface area contributed by atoms with Gasteiger partial charge in [-0.25, -0.2) is 9.97 Å². The fourth-order valence-electron chi connectivity index (χ4n) is 6.92. The Morgan fingerprint density at radius 3 is 2.29 bits per heavy atom. The van der Waals surface area contributed by atoms with Crippen molar-refractivity contribution in [2.45, 2.75) is 50.9 Å². The van der Waals surface area contributed by atoms with E-state index < -0.39 is 0 Å². The highest BCUT2D eigenvalue weighted by atomic mass is 35.5. The number of rotatable bonds is 12. The Labute approximate surface area is 311 Å². The molecule has 2 atom stereocenters. The third-order valence-electron chi connectivity index (χ3n) is 9.91. The number of amides is 2. The second kappa shape index (κ2) is 15.4. The number of nitrogens with zero attached hydrogens (tertiary/aromatic N) is 4. The number of aromatic nitrogens is 3. The summed E-state index contributed by atoms with van der Waals surface area (Å²) in [6, 6.07) is 19.4. The van der Waals surface area contributed by atoms with Crippen LogP contribution in [0.1, 0.15) is 36.8 Å². The van der Waals surface area contributed by atoms with Crippen LogP contribution in [0, 0.1) is 0 Å². The van der Waals surface area contributed by atoms with Crippen LogP contribution in [0.15, 0.2) is 77.9 Å². The lowest BCUT2D eigenvalue weighted by Gasteiger charge is -2.20. The molecule has 0 aliphatic carbocycles. The van der Waals surface area contributed by atoms with E-state index in [0.717, 1.165) is 46.2 Å². The predicted molar refractivity (Wildman–Crippen MR) is 203 cm³/mol. The maximum absolute atomic E-state index is 13.3. The average molecular weight is 741 g/mol. The molecular weight excluding hydrogens is 701 g/mol. The van der Waals surface area contributed by atoms with E-state index in [4.69, 9.17) is 32.9 Å². The third kappa shape index (κ3) is 7.27. The molecule has 11 nitrogen and oxygen atoms in total. The van der Waals surface area contributed by atoms with Gasteiger partial charge in [-0.15, -0.1) is 0 Å². The fraction of sp³-hybridized carbons (Fsp3) is 0.308. The summed E-state index contributed by atoms with van der Waals surface area (Å²) >= 11 is 14.2. The molecule has 2 amide bonds. The fourth-order valence-corrected chi connectivity index (χ4v) is 7.58. The second-order valence-corrected chi connectivity index (χ2v) is 13.9. The molecule has 0 unspecified atom stereocenters. The molecular formula is C39H39Cl2N7O4. The Morgan fingerprint density at radius 1 is 0.865 bits per heavy atom. The average Bonchev–Trinajstić information content (AvgIpc) is 3.72. The molecule has 13 heteroatoms. The van der Waals surface area contributed by atoms with Crippen molar-refractivity contribution in [2.75, 3.05) is 27.2 Å². The zero-order chi connectivity index (χ0) is 36.4. The maximum Gasteiger partial charge on any atom is 0.262 e. The van der Waals surface area contributed by atoms with Gasteiger partial charge in [0.25, 0.3) is 5.56 Å². The van der Waals surface area contributed by atoms with Crippen LogP contribution in [0.25, 0.3) is 39.2 Å². The van der Waals surface area contributed by atoms with Gasteiger partial charge in [0.2, 0.25) is 17.7 Å². The first-order valence-corrected chi connectivity index (χ1v) is 18.1. The highest BCUT2D eigenvalue weighted by molar-refractivity contribution is 6.39. The number of hydrogen-bond donors (Lipinski definition) is 3. The van der Waals surface area contributed by atoms with Crippen LogP contribution in [0.4, 0.5) is 0 Å². The molecule has 3 aromatic heterocycles. The van der Waals surface area contributed by atoms with Crippen molar-refractivity contribution in [1.29, 1.82) is 0 Å². The minimum atomic E-state index is -0.156. The van der Waals surface area contributed by atoms with Gasteiger partial charge in [0.15, 0.2) is 0 Å². The summed E-state index contributed by atoms with van der Waals surface area (Å²) in [4.78, 5) is 47.8. The third-order valence-corrected chi connectivity index (χ3v) is 10.7. The first kappa shape index (κ1) is 35.6. The molecule has 268 valence electrons. The Morgan fingerprint density at radius 2 is 1.58 bits per heavy atom. The largest absolute Gasteiger partial charge is 0.481 e. The predicted octanol–water partition coefficient (Wildman–Crippen LogP) is 5.48. The number of likely N-dealkylation sites (tertiary alicyclic amines) is 1. The monoisotopic (exact) mass is 739 g/mol. The summed E-state index contributed by atoms with van der Waals surface area (Å²) in [5, 5.41) is 10.7. The molecule has 0 radical (unpaired) electrons. The Hall–Kier alpha value is -4.81. The van der Waals surface area contributed by atoms with Crippen molar-refractivity contribution in [2.24, 2.45) is 0 Å². The number of hydrogen-bond acceptors (Lipinski definition) is 8. The number of carbonyl (C=O) groups excluding carboxylic acids is 2. The van der Waals surface area contributed by atoms with Gasteiger partial charge in [0.1, 0.15) is 5.65 Å². The summed E-state index contributed by atoms with van der Waals surface area (Å²) in [6.45, 7) is 2.18. The molecule has 2 fully saturated rings. The van der Waals surface area contributed by atoms with Crippen molar-refractivity contribution in [3.05, 3.63) is 105 Å². The number of carbonyl (C=O) groups is 2. The van der Waals surface area contributed by atoms with E-state index in [1.165, 1.54) is 4.40 Å². The van der Waals surface area contributed by atoms with E-state index in [0.29, 0.717) is 71.9 Å². The Bertz CT molecular complexity index is 2230. The van der Waals surface area contributed by atoms with Gasteiger partial charge in [0.05, 0.1) is 22.8 Å². The van der Waals surface area contributed by atoms with Crippen LogP contribution in [-0.2, 0) is 22.7 Å². The molecule has 52 heavy (non-hydrogen) atoms. The molecule has 2 aliphatic heterocycles. The highest BCUT2D eigenvalue weighted by Crippen LogP contribution is 2.42. The van der Waals surface area contributed by atoms with Crippen LogP contribution >= 0.6 is 23.2 Å². The molecule has 0 saturated carbocycles. The van der Waals surface area contributed by atoms with Crippen molar-refractivity contribution < 1.29 is 14.3 Å². The summed E-state index contributed by atoms with van der Waals surface area (Å²) in [5.41, 5.74) is 6.24. The zero-order valence-corrected chi connectivity index (χ0v) is 30.4. The highest BCUT2D eigenvalue weighted by Gasteiger charge is 2.27. The standard InChI is InChI=1S/C39H39Cl2N7O4/c1-47-27(11-14-35(47)50)22-43-19-25-20-44-33-17-23(15-16-48(33)39(25)51)28-5-3-6-29(36(28)40)30-7-4-8-31(37(30)41)32-12-9-24(38(46-32)52-2)18-42-21-26-10-13-34(49)45-26/h3-9,12,15-17,20,26-27,42-43H,10-11,13-14,18-19,21-22H2,1-2H3,(H,45,49)/t26-,27-/m0/s1. The molecule has 2 aliphatic rings. The van der Waals surface area contributed by atoms with Gasteiger partial charge in [-0.3, -0.25) is 18.8 Å². The van der Waals surface area contributed by atoms with Crippen LogP contribution in [-0.4, -0.2) is 70.4 Å². The molecule has 3 N–H and O–H groups in total. The van der Waals surface area contributed by atoms with Crippen molar-refractivity contribution in [3.63, 3.8) is 0 Å². The summed E-state index contributed by atoms with van der Waals surface area (Å²) in [7, 11) is 3.41. The second-order valence-electron chi connectivity index (χ2n) is 13.2. The summed E-state index contributed by atoms with van der Waals surface area (Å²) < 4.78 is 7.18. The number of nitrogens with one attached hydrogen (secondary N) is 3. The lowest BCUT2D eigenvalue weighted by atomic mass is 9.97. The van der Waals surface area contributed by atoms with Gasteiger partial charge in [-0.2, -0.15) is 0 Å². The molecule has 0 bridgehead atoms. The molecule has 2 aromatic carbocycles. The number of benzene rings is 2. The molecule has 5 aromatic rings. The summed E-state index contributed by atoms with van der Waals surface area (Å²) in [6.07, 6.45) is 6.08. The van der Waals surface area contributed by atoms with Gasteiger partial charge in [-0.05, 0) is 36.6 Å². The zero-order valence-electron chi connectivity index (χ0n) is 28.9. The van der Waals surface area contributed by atoms with E-state index in [-0.39, 0.29) is 29.5 Å². The van der Waals surface area contributed by atoms with Crippen LogP contribution in [0.5, 0.6) is 5.88 Å². The van der Waals surface area contributed by atoms with Gasteiger partial charge < -0.3 is 25.6 Å². The van der Waals surface area contributed by atoms with E-state index in [9.17, 15) is 14.4 Å². The minimum Gasteiger partial charge on any atom is -0.481 e. The smallest absolute Gasteiger partial charge is 0.262 e. The Kier molecular flexibility index (Phi) is 10.6. The summed E-state index contributed by atoms with van der Waals surface area (Å²) in [5.74, 6) is 0.731. The van der Waals surface area contributed by atoms with Gasteiger partial charge >= 0.3 is 0 Å². The SMILES string of the molecule is COc1nc(-c2cccc(-c3cccc(-c4ccn5c(=O)c(CNC[C@@H]6CCC(=O)N6C)cnc5c4)c3Cl)c2Cl)ccc1CNC[C@@H]1CCC(=O)N1. The molecule has 2 saturated heterocycles. The van der Waals surface area contributed by atoms with Crippen LogP contribution in [0.2, 0.25) is 10.0 Å². The molecule has 7 rings (SSSR count). The molecule has 5 heterocycles. The maximum atomic E-state index is 13.3. The number of likely N-dealkylation sites (N-methyl/N-ethyl adjacent to an activating group) is 1. The Balaban J connectivity index is 1.10. The number of pyridine rings is 2. The molecule has 0 spiro atoms. The van der Waals surface area contributed by atoms with Crippen molar-refractivity contribution in [3.8, 4) is 39.4 Å². The first-order chi connectivity index (χ1) is 25.2.